The number of anilines is 2. The van der Waals surface area contributed by atoms with E-state index >= 15 is 0 Å². The minimum Gasteiger partial charge on any atom is -0.454 e. The molecule has 8 heteroatoms. The van der Waals surface area contributed by atoms with E-state index < -0.39 is 0 Å². The Morgan fingerprint density at radius 1 is 1.15 bits per heavy atom. The summed E-state index contributed by atoms with van der Waals surface area (Å²) in [5.74, 6) is 2.43. The molecule has 4 rings (SSSR count). The van der Waals surface area contributed by atoms with Crippen LogP contribution in [0.25, 0.3) is 0 Å². The van der Waals surface area contributed by atoms with Crippen LogP contribution in [0, 0.1) is 6.92 Å². The Morgan fingerprint density at radius 2 is 2.04 bits per heavy atom. The quantitative estimate of drug-likeness (QED) is 0.728. The zero-order chi connectivity index (χ0) is 17.9. The molecular formula is C18H16N4O4. The van der Waals surface area contributed by atoms with E-state index in [-0.39, 0.29) is 12.7 Å². The third kappa shape index (κ3) is 3.44. The highest BCUT2D eigenvalue weighted by atomic mass is 16.7. The van der Waals surface area contributed by atoms with Crippen molar-refractivity contribution in [2.24, 2.45) is 0 Å². The smallest absolute Gasteiger partial charge is 0.253 e. The number of rotatable bonds is 5. The minimum atomic E-state index is -0.227. The van der Waals surface area contributed by atoms with E-state index in [1.165, 1.54) is 6.20 Å². The van der Waals surface area contributed by atoms with Crippen LogP contribution >= 0.6 is 0 Å². The Kier molecular flexibility index (Phi) is 4.14. The highest BCUT2D eigenvalue weighted by molar-refractivity contribution is 5.94. The molecule has 0 unspecified atom stereocenters. The van der Waals surface area contributed by atoms with Crippen LogP contribution < -0.4 is 20.1 Å². The summed E-state index contributed by atoms with van der Waals surface area (Å²) in [6, 6.07) is 9.02. The van der Waals surface area contributed by atoms with Gasteiger partial charge in [0.15, 0.2) is 17.3 Å². The number of pyridine rings is 1. The largest absolute Gasteiger partial charge is 0.454 e. The molecule has 132 valence electrons. The molecular weight excluding hydrogens is 336 g/mol. The van der Waals surface area contributed by atoms with Gasteiger partial charge in [0.25, 0.3) is 5.91 Å². The number of aromatic nitrogens is 2. The van der Waals surface area contributed by atoms with Gasteiger partial charge in [0.1, 0.15) is 5.76 Å². The lowest BCUT2D eigenvalue weighted by atomic mass is 10.2. The molecule has 0 aliphatic carbocycles. The van der Waals surface area contributed by atoms with Crippen molar-refractivity contribution in [2.45, 2.75) is 13.5 Å². The van der Waals surface area contributed by atoms with Crippen molar-refractivity contribution in [3.8, 4) is 11.5 Å². The number of carbonyl (C=O) groups excluding carboxylic acids is 1. The van der Waals surface area contributed by atoms with Gasteiger partial charge in [-0.05, 0) is 30.7 Å². The Balaban J connectivity index is 1.40. The molecule has 0 bridgehead atoms. The SMILES string of the molecule is Cc1cc(Nc2cncc(C(=O)NCc3ccc4c(c3)OCO4)c2)no1. The monoisotopic (exact) mass is 352 g/mol. The van der Waals surface area contributed by atoms with Crippen molar-refractivity contribution < 1.29 is 18.8 Å². The third-order valence-corrected chi connectivity index (χ3v) is 3.79. The highest BCUT2D eigenvalue weighted by Crippen LogP contribution is 2.32. The molecule has 3 aromatic rings. The van der Waals surface area contributed by atoms with E-state index in [0.29, 0.717) is 40.9 Å². The number of ether oxygens (including phenoxy) is 2. The Labute approximate surface area is 149 Å². The standard InChI is InChI=1S/C18H16N4O4/c1-11-4-17(22-26-11)21-14-6-13(8-19-9-14)18(23)20-7-12-2-3-15-16(5-12)25-10-24-15/h2-6,8-9H,7,10H2,1H3,(H,20,23)(H,21,22). The van der Waals surface area contributed by atoms with Gasteiger partial charge in [-0.2, -0.15) is 0 Å². The predicted molar refractivity (Wildman–Crippen MR) is 92.5 cm³/mol. The second kappa shape index (κ2) is 6.75. The summed E-state index contributed by atoms with van der Waals surface area (Å²) in [6.45, 7) is 2.40. The molecule has 26 heavy (non-hydrogen) atoms. The fraction of sp³-hybridized carbons (Fsp3) is 0.167. The van der Waals surface area contributed by atoms with Gasteiger partial charge in [0, 0.05) is 18.8 Å². The van der Waals surface area contributed by atoms with E-state index in [2.05, 4.69) is 20.8 Å². The van der Waals surface area contributed by atoms with Gasteiger partial charge in [-0.15, -0.1) is 0 Å². The van der Waals surface area contributed by atoms with Crippen LogP contribution in [-0.4, -0.2) is 22.8 Å². The summed E-state index contributed by atoms with van der Waals surface area (Å²) in [4.78, 5) is 16.5. The van der Waals surface area contributed by atoms with Crippen LogP contribution in [0.2, 0.25) is 0 Å². The zero-order valence-electron chi connectivity index (χ0n) is 14.0. The lowest BCUT2D eigenvalue weighted by Crippen LogP contribution is -2.23. The number of carbonyl (C=O) groups is 1. The molecule has 2 aromatic heterocycles. The Morgan fingerprint density at radius 3 is 2.88 bits per heavy atom. The van der Waals surface area contributed by atoms with Gasteiger partial charge in [-0.1, -0.05) is 11.2 Å². The van der Waals surface area contributed by atoms with E-state index in [4.69, 9.17) is 14.0 Å². The van der Waals surface area contributed by atoms with Crippen LogP contribution in [0.4, 0.5) is 11.5 Å². The van der Waals surface area contributed by atoms with Gasteiger partial charge in [-0.25, -0.2) is 0 Å². The number of hydrogen-bond acceptors (Lipinski definition) is 7. The normalized spacial score (nSPS) is 12.0. The van der Waals surface area contributed by atoms with Crippen LogP contribution in [-0.2, 0) is 6.54 Å². The molecule has 0 fully saturated rings. The summed E-state index contributed by atoms with van der Waals surface area (Å²) in [5, 5.41) is 9.76. The molecule has 3 heterocycles. The van der Waals surface area contributed by atoms with E-state index in [1.807, 2.05) is 18.2 Å². The van der Waals surface area contributed by atoms with Gasteiger partial charge < -0.3 is 24.6 Å². The van der Waals surface area contributed by atoms with Crippen LogP contribution in [0.1, 0.15) is 21.7 Å². The highest BCUT2D eigenvalue weighted by Gasteiger charge is 2.14. The molecule has 0 atom stereocenters. The lowest BCUT2D eigenvalue weighted by Gasteiger charge is -2.08. The number of hydrogen-bond donors (Lipinski definition) is 2. The van der Waals surface area contributed by atoms with Gasteiger partial charge in [0.05, 0.1) is 17.4 Å². The molecule has 1 amide bonds. The second-order valence-corrected chi connectivity index (χ2v) is 5.78. The maximum absolute atomic E-state index is 12.4. The molecule has 1 aromatic carbocycles. The maximum Gasteiger partial charge on any atom is 0.253 e. The zero-order valence-corrected chi connectivity index (χ0v) is 14.0. The number of nitrogens with one attached hydrogen (secondary N) is 2. The first-order chi connectivity index (χ1) is 12.7. The summed E-state index contributed by atoms with van der Waals surface area (Å²) in [6.07, 6.45) is 3.12. The molecule has 2 N–H and O–H groups in total. The number of amides is 1. The van der Waals surface area contributed by atoms with E-state index in [9.17, 15) is 4.79 Å². The molecule has 0 spiro atoms. The van der Waals surface area contributed by atoms with Gasteiger partial charge in [-0.3, -0.25) is 9.78 Å². The Hall–Kier alpha value is -3.55. The minimum absolute atomic E-state index is 0.224. The first kappa shape index (κ1) is 15.9. The van der Waals surface area contributed by atoms with Crippen molar-refractivity contribution in [2.75, 3.05) is 12.1 Å². The average Bonchev–Trinajstić information content (AvgIpc) is 3.28. The number of aryl methyl sites for hydroxylation is 1. The first-order valence-corrected chi connectivity index (χ1v) is 7.99. The molecule has 0 saturated carbocycles. The summed E-state index contributed by atoms with van der Waals surface area (Å²) < 4.78 is 15.6. The lowest BCUT2D eigenvalue weighted by molar-refractivity contribution is 0.0950. The van der Waals surface area contributed by atoms with E-state index in [0.717, 1.165) is 5.56 Å². The van der Waals surface area contributed by atoms with Crippen molar-refractivity contribution in [1.82, 2.24) is 15.5 Å². The average molecular weight is 352 g/mol. The predicted octanol–water partition coefficient (Wildman–Crippen LogP) is 2.78. The molecule has 1 aliphatic heterocycles. The van der Waals surface area contributed by atoms with Crippen LogP contribution in [0.5, 0.6) is 11.5 Å². The number of benzene rings is 1. The van der Waals surface area contributed by atoms with Crippen molar-refractivity contribution >= 4 is 17.4 Å². The fourth-order valence-corrected chi connectivity index (χ4v) is 2.54. The van der Waals surface area contributed by atoms with Crippen LogP contribution in [0.3, 0.4) is 0 Å². The fourth-order valence-electron chi connectivity index (χ4n) is 2.54. The molecule has 8 nitrogen and oxygen atoms in total. The second-order valence-electron chi connectivity index (χ2n) is 5.78. The van der Waals surface area contributed by atoms with Crippen molar-refractivity contribution in [3.63, 3.8) is 0 Å². The third-order valence-electron chi connectivity index (χ3n) is 3.79. The van der Waals surface area contributed by atoms with Gasteiger partial charge in [0.2, 0.25) is 6.79 Å². The van der Waals surface area contributed by atoms with Gasteiger partial charge >= 0.3 is 0 Å². The van der Waals surface area contributed by atoms with E-state index in [1.54, 1.807) is 25.3 Å². The van der Waals surface area contributed by atoms with Crippen LogP contribution in [0.15, 0.2) is 47.2 Å². The Bertz CT molecular complexity index is 954. The molecule has 1 aliphatic rings. The molecule has 0 saturated heterocycles. The topological polar surface area (TPSA) is 98.5 Å². The van der Waals surface area contributed by atoms with Crippen molar-refractivity contribution in [1.29, 1.82) is 0 Å². The first-order valence-electron chi connectivity index (χ1n) is 7.99. The maximum atomic E-state index is 12.4. The molecule has 0 radical (unpaired) electrons. The number of fused-ring (bicyclic) bond motifs is 1. The summed E-state index contributed by atoms with van der Waals surface area (Å²) in [5.41, 5.74) is 2.01. The summed E-state index contributed by atoms with van der Waals surface area (Å²) >= 11 is 0. The number of nitrogens with zero attached hydrogens (tertiary/aromatic N) is 2. The van der Waals surface area contributed by atoms with Crippen molar-refractivity contribution in [3.05, 3.63) is 59.6 Å². The summed E-state index contributed by atoms with van der Waals surface area (Å²) in [7, 11) is 0.